The number of aliphatic hydroxyl groups is 2. The van der Waals surface area contributed by atoms with Crippen molar-refractivity contribution in [2.24, 2.45) is 0 Å². The molecule has 1 aromatic heterocycles. The van der Waals surface area contributed by atoms with Crippen molar-refractivity contribution in [1.29, 1.82) is 0 Å². The molecule has 0 saturated carbocycles. The Labute approximate surface area is 104 Å². The highest BCUT2D eigenvalue weighted by atomic mass is 19.4. The van der Waals surface area contributed by atoms with Gasteiger partial charge in [-0.05, 0) is 6.07 Å². The zero-order valence-electron chi connectivity index (χ0n) is 9.56. The fourth-order valence-electron chi connectivity index (χ4n) is 1.30. The number of nitrogens with one attached hydrogen (secondary N) is 1. The molecule has 2 unspecified atom stereocenters. The first-order valence-electron chi connectivity index (χ1n) is 4.92. The fraction of sp³-hybridized carbons (Fsp3) is 0.400. The summed E-state index contributed by atoms with van der Waals surface area (Å²) in [4.78, 5) is 24.0. The highest BCUT2D eigenvalue weighted by molar-refractivity contribution is 5.75. The second-order valence-corrected chi connectivity index (χ2v) is 3.58. The third kappa shape index (κ3) is 3.32. The summed E-state index contributed by atoms with van der Waals surface area (Å²) in [7, 11) is 0.911. The molecule has 0 radical (unpaired) electrons. The van der Waals surface area contributed by atoms with Gasteiger partial charge in [-0.2, -0.15) is 13.2 Å². The van der Waals surface area contributed by atoms with Crippen LogP contribution in [0.3, 0.4) is 0 Å². The average molecular weight is 281 g/mol. The van der Waals surface area contributed by atoms with E-state index in [1.165, 1.54) is 0 Å². The molecular weight excluding hydrogens is 271 g/mol. The lowest BCUT2D eigenvalue weighted by Gasteiger charge is -2.16. The van der Waals surface area contributed by atoms with Gasteiger partial charge >= 0.3 is 12.1 Å². The van der Waals surface area contributed by atoms with Crippen LogP contribution in [0, 0.1) is 0 Å². The van der Waals surface area contributed by atoms with Crippen molar-refractivity contribution in [3.63, 3.8) is 0 Å². The molecule has 1 aromatic rings. The number of pyridine rings is 1. The van der Waals surface area contributed by atoms with Crippen LogP contribution in [0.15, 0.2) is 17.1 Å². The minimum Gasteiger partial charge on any atom is -0.467 e. The molecule has 0 saturated heterocycles. The van der Waals surface area contributed by atoms with Gasteiger partial charge in [-0.1, -0.05) is 0 Å². The smallest absolute Gasteiger partial charge is 0.417 e. The van der Waals surface area contributed by atoms with E-state index in [1.54, 1.807) is 4.98 Å². The predicted molar refractivity (Wildman–Crippen MR) is 55.0 cm³/mol. The Hall–Kier alpha value is -1.87. The van der Waals surface area contributed by atoms with E-state index in [0.717, 1.165) is 7.11 Å². The number of ether oxygens (including phenoxy) is 1. The Morgan fingerprint density at radius 1 is 1.42 bits per heavy atom. The van der Waals surface area contributed by atoms with Crippen molar-refractivity contribution >= 4 is 5.97 Å². The summed E-state index contributed by atoms with van der Waals surface area (Å²) in [5, 5.41) is 18.8. The molecule has 3 N–H and O–H groups in total. The first-order chi connectivity index (χ1) is 8.68. The number of hydrogen-bond donors (Lipinski definition) is 3. The average Bonchev–Trinajstić information content (AvgIpc) is 2.35. The molecule has 0 amide bonds. The standard InChI is InChI=1S/C10H10F3NO5/c1-19-9(18)7(16)6(15)5-2-4(10(11,12)13)3-14-8(5)17/h2-3,6-7,15-16H,1H3,(H,14,17). The minimum absolute atomic E-state index is 0.357. The van der Waals surface area contributed by atoms with E-state index in [1.807, 2.05) is 0 Å². The van der Waals surface area contributed by atoms with Gasteiger partial charge in [0.05, 0.1) is 12.7 Å². The number of aromatic nitrogens is 1. The molecule has 0 aliphatic heterocycles. The minimum atomic E-state index is -4.74. The monoisotopic (exact) mass is 281 g/mol. The van der Waals surface area contributed by atoms with Crippen LogP contribution >= 0.6 is 0 Å². The van der Waals surface area contributed by atoms with Gasteiger partial charge in [0.25, 0.3) is 5.56 Å². The van der Waals surface area contributed by atoms with E-state index in [9.17, 15) is 33.0 Å². The van der Waals surface area contributed by atoms with Gasteiger partial charge in [0.2, 0.25) is 0 Å². The van der Waals surface area contributed by atoms with E-state index in [-0.39, 0.29) is 0 Å². The van der Waals surface area contributed by atoms with Crippen molar-refractivity contribution in [2.45, 2.75) is 18.4 Å². The Morgan fingerprint density at radius 3 is 2.47 bits per heavy atom. The molecule has 1 heterocycles. The van der Waals surface area contributed by atoms with E-state index in [2.05, 4.69) is 4.74 Å². The van der Waals surface area contributed by atoms with Crippen LogP contribution < -0.4 is 5.56 Å². The fourth-order valence-corrected chi connectivity index (χ4v) is 1.30. The lowest BCUT2D eigenvalue weighted by Crippen LogP contribution is -2.32. The summed E-state index contributed by atoms with van der Waals surface area (Å²) in [5.41, 5.74) is -3.06. The summed E-state index contributed by atoms with van der Waals surface area (Å²) >= 11 is 0. The van der Waals surface area contributed by atoms with Crippen LogP contribution in [-0.4, -0.2) is 34.4 Å². The van der Waals surface area contributed by atoms with Gasteiger partial charge in [0, 0.05) is 11.8 Å². The lowest BCUT2D eigenvalue weighted by molar-refractivity contribution is -0.156. The van der Waals surface area contributed by atoms with Crippen molar-refractivity contribution in [2.75, 3.05) is 7.11 Å². The number of halogens is 3. The first-order valence-corrected chi connectivity index (χ1v) is 4.92. The molecule has 2 atom stereocenters. The van der Waals surface area contributed by atoms with Crippen LogP contribution in [0.5, 0.6) is 0 Å². The molecule has 0 bridgehead atoms. The molecule has 0 spiro atoms. The maximum atomic E-state index is 12.4. The molecule has 19 heavy (non-hydrogen) atoms. The number of methoxy groups -OCH3 is 1. The van der Waals surface area contributed by atoms with Gasteiger partial charge < -0.3 is 19.9 Å². The molecule has 106 valence electrons. The SMILES string of the molecule is COC(=O)C(O)C(O)c1cc(C(F)(F)F)c[nH]c1=O. The van der Waals surface area contributed by atoms with Crippen molar-refractivity contribution in [1.82, 2.24) is 4.98 Å². The second kappa shape index (κ2) is 5.41. The number of esters is 1. The Morgan fingerprint density at radius 2 is 2.00 bits per heavy atom. The molecule has 0 aliphatic rings. The van der Waals surface area contributed by atoms with Crippen molar-refractivity contribution < 1.29 is 32.9 Å². The first kappa shape index (κ1) is 15.2. The largest absolute Gasteiger partial charge is 0.467 e. The summed E-state index contributed by atoms with van der Waals surface area (Å²) in [6, 6.07) is 0.357. The predicted octanol–water partition coefficient (Wildman–Crippen LogP) is -0.0390. The third-order valence-corrected chi connectivity index (χ3v) is 2.32. The van der Waals surface area contributed by atoms with E-state index >= 15 is 0 Å². The number of aromatic amines is 1. The highest BCUT2D eigenvalue weighted by Gasteiger charge is 2.34. The zero-order valence-corrected chi connectivity index (χ0v) is 9.56. The van der Waals surface area contributed by atoms with Gasteiger partial charge in [-0.25, -0.2) is 4.79 Å². The van der Waals surface area contributed by atoms with Crippen LogP contribution in [0.2, 0.25) is 0 Å². The Bertz CT molecular complexity index is 525. The Balaban J connectivity index is 3.19. The summed E-state index contributed by atoms with van der Waals surface area (Å²) in [6.07, 6.45) is -8.61. The maximum absolute atomic E-state index is 12.4. The van der Waals surface area contributed by atoms with Crippen LogP contribution in [0.25, 0.3) is 0 Å². The molecule has 1 rings (SSSR count). The quantitative estimate of drug-likeness (QED) is 0.675. The van der Waals surface area contributed by atoms with Crippen LogP contribution in [0.4, 0.5) is 13.2 Å². The van der Waals surface area contributed by atoms with E-state index < -0.39 is 41.0 Å². The molecule has 9 heteroatoms. The highest BCUT2D eigenvalue weighted by Crippen LogP contribution is 2.29. The van der Waals surface area contributed by atoms with E-state index in [0.29, 0.717) is 12.3 Å². The van der Waals surface area contributed by atoms with Crippen molar-refractivity contribution in [3.8, 4) is 0 Å². The number of rotatable bonds is 3. The molecule has 6 nitrogen and oxygen atoms in total. The number of carbonyl (C=O) groups excluding carboxylic acids is 1. The molecule has 0 aliphatic carbocycles. The normalized spacial score (nSPS) is 14.8. The maximum Gasteiger partial charge on any atom is 0.417 e. The van der Waals surface area contributed by atoms with Crippen molar-refractivity contribution in [3.05, 3.63) is 33.7 Å². The van der Waals surface area contributed by atoms with Crippen LogP contribution in [0.1, 0.15) is 17.2 Å². The summed E-state index contributed by atoms with van der Waals surface area (Å²) < 4.78 is 41.4. The Kier molecular flexibility index (Phi) is 4.32. The van der Waals surface area contributed by atoms with Gasteiger partial charge in [0.15, 0.2) is 6.10 Å². The number of H-pyrrole nitrogens is 1. The zero-order chi connectivity index (χ0) is 14.8. The van der Waals surface area contributed by atoms with Crippen LogP contribution in [-0.2, 0) is 15.7 Å². The molecule has 0 fully saturated rings. The topological polar surface area (TPSA) is 99.6 Å². The van der Waals surface area contributed by atoms with Gasteiger partial charge in [-0.15, -0.1) is 0 Å². The van der Waals surface area contributed by atoms with Gasteiger partial charge in [0.1, 0.15) is 6.10 Å². The number of hydrogen-bond acceptors (Lipinski definition) is 5. The number of alkyl halides is 3. The molecule has 0 aromatic carbocycles. The number of aliphatic hydroxyl groups excluding tert-OH is 2. The van der Waals surface area contributed by atoms with E-state index in [4.69, 9.17) is 0 Å². The second-order valence-electron chi connectivity index (χ2n) is 3.58. The molecular formula is C10H10F3NO5. The summed E-state index contributed by atoms with van der Waals surface area (Å²) in [6.45, 7) is 0. The number of carbonyl (C=O) groups is 1. The lowest BCUT2D eigenvalue weighted by atomic mass is 10.0. The summed E-state index contributed by atoms with van der Waals surface area (Å²) in [5.74, 6) is -1.27. The third-order valence-electron chi connectivity index (χ3n) is 2.32. The van der Waals surface area contributed by atoms with Gasteiger partial charge in [-0.3, -0.25) is 4.79 Å².